The van der Waals surface area contributed by atoms with E-state index in [-0.39, 0.29) is 16.7 Å². The normalized spacial score (nSPS) is 15.0. The van der Waals surface area contributed by atoms with E-state index in [2.05, 4.69) is 24.1 Å². The summed E-state index contributed by atoms with van der Waals surface area (Å²) >= 11 is 0. The Morgan fingerprint density at radius 2 is 1.61 bits per heavy atom. The van der Waals surface area contributed by atoms with E-state index < -0.39 is 11.9 Å². The summed E-state index contributed by atoms with van der Waals surface area (Å²) in [6.07, 6.45) is 0. The van der Waals surface area contributed by atoms with Gasteiger partial charge in [-0.3, -0.25) is 0 Å². The van der Waals surface area contributed by atoms with Crippen LogP contribution in [0.4, 0.5) is 0 Å². The minimum absolute atomic E-state index is 0.0277. The molecule has 1 aromatic rings. The summed E-state index contributed by atoms with van der Waals surface area (Å²) in [6.45, 7) is 12.1. The number of hydrogen-bond donors (Lipinski definition) is 3. The second-order valence-corrected chi connectivity index (χ2v) is 6.03. The first-order chi connectivity index (χ1) is 10.8. The SMILES string of the molecule is CC(C)CN1CCNCC1.Cc1c(C(=O)O)cccc1C(=O)O. The van der Waals surface area contributed by atoms with Crippen molar-refractivity contribution < 1.29 is 19.8 Å². The van der Waals surface area contributed by atoms with E-state index in [1.165, 1.54) is 57.8 Å². The number of nitrogens with one attached hydrogen (secondary N) is 1. The van der Waals surface area contributed by atoms with Crippen LogP contribution >= 0.6 is 0 Å². The molecule has 0 aliphatic carbocycles. The number of benzene rings is 1. The maximum Gasteiger partial charge on any atom is 0.335 e. The highest BCUT2D eigenvalue weighted by atomic mass is 16.4. The predicted molar refractivity (Wildman–Crippen MR) is 89.2 cm³/mol. The smallest absolute Gasteiger partial charge is 0.335 e. The number of rotatable bonds is 4. The third-order valence-corrected chi connectivity index (χ3v) is 3.63. The summed E-state index contributed by atoms with van der Waals surface area (Å²) in [6, 6.07) is 4.17. The zero-order valence-corrected chi connectivity index (χ0v) is 14.0. The first kappa shape index (κ1) is 19.1. The summed E-state index contributed by atoms with van der Waals surface area (Å²) in [4.78, 5) is 23.7. The Morgan fingerprint density at radius 1 is 1.13 bits per heavy atom. The van der Waals surface area contributed by atoms with Crippen LogP contribution in [-0.2, 0) is 0 Å². The second kappa shape index (κ2) is 9.27. The molecule has 0 radical (unpaired) electrons. The van der Waals surface area contributed by atoms with Gasteiger partial charge in [0.15, 0.2) is 0 Å². The van der Waals surface area contributed by atoms with Gasteiger partial charge in [0.25, 0.3) is 0 Å². The lowest BCUT2D eigenvalue weighted by Gasteiger charge is -2.28. The van der Waals surface area contributed by atoms with Gasteiger partial charge in [-0.2, -0.15) is 0 Å². The van der Waals surface area contributed by atoms with Crippen LogP contribution in [0.3, 0.4) is 0 Å². The third kappa shape index (κ3) is 6.38. The molecule has 0 saturated carbocycles. The van der Waals surface area contributed by atoms with Crippen molar-refractivity contribution >= 4 is 11.9 Å². The van der Waals surface area contributed by atoms with Crippen LogP contribution in [0, 0.1) is 12.8 Å². The van der Waals surface area contributed by atoms with Gasteiger partial charge in [-0.05, 0) is 30.5 Å². The van der Waals surface area contributed by atoms with Gasteiger partial charge in [0, 0.05) is 32.7 Å². The van der Waals surface area contributed by atoms with Gasteiger partial charge >= 0.3 is 11.9 Å². The number of carboxylic acids is 2. The van der Waals surface area contributed by atoms with Crippen molar-refractivity contribution in [2.75, 3.05) is 32.7 Å². The van der Waals surface area contributed by atoms with E-state index in [4.69, 9.17) is 10.2 Å². The molecule has 1 aliphatic rings. The van der Waals surface area contributed by atoms with Crippen LogP contribution in [0.25, 0.3) is 0 Å². The van der Waals surface area contributed by atoms with E-state index in [1.807, 2.05) is 0 Å². The van der Waals surface area contributed by atoms with Crippen LogP contribution in [0.1, 0.15) is 40.1 Å². The number of carbonyl (C=O) groups is 2. The minimum atomic E-state index is -1.11. The van der Waals surface area contributed by atoms with Crippen LogP contribution in [0.5, 0.6) is 0 Å². The molecule has 128 valence electrons. The van der Waals surface area contributed by atoms with E-state index in [0.717, 1.165) is 5.92 Å². The highest BCUT2D eigenvalue weighted by Crippen LogP contribution is 2.13. The molecule has 1 aromatic carbocycles. The molecule has 1 aliphatic heterocycles. The zero-order valence-electron chi connectivity index (χ0n) is 14.0. The predicted octanol–water partition coefficient (Wildman–Crippen LogP) is 1.94. The highest BCUT2D eigenvalue weighted by molar-refractivity contribution is 5.96. The summed E-state index contributed by atoms with van der Waals surface area (Å²) in [7, 11) is 0. The second-order valence-electron chi connectivity index (χ2n) is 6.03. The van der Waals surface area contributed by atoms with Crippen LogP contribution in [-0.4, -0.2) is 59.8 Å². The summed E-state index contributed by atoms with van der Waals surface area (Å²) in [5.74, 6) is -1.40. The maximum absolute atomic E-state index is 10.6. The molecule has 6 nitrogen and oxygen atoms in total. The van der Waals surface area contributed by atoms with Crippen molar-refractivity contribution in [2.24, 2.45) is 5.92 Å². The van der Waals surface area contributed by atoms with Gasteiger partial charge in [-0.25, -0.2) is 9.59 Å². The monoisotopic (exact) mass is 322 g/mol. The molecule has 1 saturated heterocycles. The molecule has 0 aromatic heterocycles. The van der Waals surface area contributed by atoms with Crippen LogP contribution in [0.15, 0.2) is 18.2 Å². The average Bonchev–Trinajstić information content (AvgIpc) is 2.48. The third-order valence-electron chi connectivity index (χ3n) is 3.63. The van der Waals surface area contributed by atoms with Gasteiger partial charge in [0.1, 0.15) is 0 Å². The number of aromatic carboxylic acids is 2. The van der Waals surface area contributed by atoms with E-state index in [1.54, 1.807) is 0 Å². The molecule has 0 unspecified atom stereocenters. The van der Waals surface area contributed by atoms with Crippen molar-refractivity contribution in [3.8, 4) is 0 Å². The van der Waals surface area contributed by atoms with Crippen molar-refractivity contribution in [1.29, 1.82) is 0 Å². The fraction of sp³-hybridized carbons (Fsp3) is 0.529. The Labute approximate surface area is 137 Å². The molecule has 1 fully saturated rings. The van der Waals surface area contributed by atoms with Gasteiger partial charge in [-0.15, -0.1) is 0 Å². The van der Waals surface area contributed by atoms with Crippen molar-refractivity contribution in [3.05, 3.63) is 34.9 Å². The quantitative estimate of drug-likeness (QED) is 0.785. The van der Waals surface area contributed by atoms with Crippen molar-refractivity contribution in [1.82, 2.24) is 10.2 Å². The Morgan fingerprint density at radius 3 is 2.00 bits per heavy atom. The number of hydrogen-bond acceptors (Lipinski definition) is 4. The lowest BCUT2D eigenvalue weighted by molar-refractivity contribution is 0.0696. The molecule has 23 heavy (non-hydrogen) atoms. The summed E-state index contributed by atoms with van der Waals surface area (Å²) in [5.41, 5.74) is 0.335. The molecular formula is C17H26N2O4. The van der Waals surface area contributed by atoms with E-state index in [0.29, 0.717) is 0 Å². The van der Waals surface area contributed by atoms with Crippen LogP contribution < -0.4 is 5.32 Å². The van der Waals surface area contributed by atoms with Gasteiger partial charge in [0.05, 0.1) is 11.1 Å². The Hall–Kier alpha value is -1.92. The highest BCUT2D eigenvalue weighted by Gasteiger charge is 2.13. The van der Waals surface area contributed by atoms with Crippen LogP contribution in [0.2, 0.25) is 0 Å². The Balaban J connectivity index is 0.000000238. The lowest BCUT2D eigenvalue weighted by Crippen LogP contribution is -2.44. The topological polar surface area (TPSA) is 89.9 Å². The van der Waals surface area contributed by atoms with Gasteiger partial charge < -0.3 is 20.4 Å². The molecule has 0 spiro atoms. The molecule has 0 bridgehead atoms. The van der Waals surface area contributed by atoms with Gasteiger partial charge in [-0.1, -0.05) is 19.9 Å². The molecule has 1 heterocycles. The molecule has 0 atom stereocenters. The van der Waals surface area contributed by atoms with Crippen molar-refractivity contribution in [3.63, 3.8) is 0 Å². The number of carboxylic acid groups (broad SMARTS) is 2. The molecule has 0 amide bonds. The lowest BCUT2D eigenvalue weighted by atomic mass is 10.0. The summed E-state index contributed by atoms with van der Waals surface area (Å²) < 4.78 is 0. The molecule has 6 heteroatoms. The maximum atomic E-state index is 10.6. The summed E-state index contributed by atoms with van der Waals surface area (Å²) in [5, 5.41) is 20.7. The Kier molecular flexibility index (Phi) is 7.71. The number of nitrogens with zero attached hydrogens (tertiary/aromatic N) is 1. The average molecular weight is 322 g/mol. The zero-order chi connectivity index (χ0) is 17.4. The first-order valence-corrected chi connectivity index (χ1v) is 7.82. The number of piperazine rings is 1. The van der Waals surface area contributed by atoms with E-state index >= 15 is 0 Å². The Bertz CT molecular complexity index is 505. The fourth-order valence-electron chi connectivity index (χ4n) is 2.51. The molecule has 3 N–H and O–H groups in total. The van der Waals surface area contributed by atoms with Crippen molar-refractivity contribution in [2.45, 2.75) is 20.8 Å². The largest absolute Gasteiger partial charge is 0.478 e. The minimum Gasteiger partial charge on any atom is -0.478 e. The molecule has 2 rings (SSSR count). The fourth-order valence-corrected chi connectivity index (χ4v) is 2.51. The van der Waals surface area contributed by atoms with E-state index in [9.17, 15) is 9.59 Å². The van der Waals surface area contributed by atoms with Gasteiger partial charge in [0.2, 0.25) is 0 Å². The molecular weight excluding hydrogens is 296 g/mol. The standard InChI is InChI=1S/C9H8O4.C8H18N2/c1-5-6(8(10)11)3-2-4-7(5)9(12)13;1-8(2)7-10-5-3-9-4-6-10/h2-4H,1H3,(H,10,11)(H,12,13);8-9H,3-7H2,1-2H3. The first-order valence-electron chi connectivity index (χ1n) is 7.82.